The third-order valence-electron chi connectivity index (χ3n) is 2.58. The van der Waals surface area contributed by atoms with Gasteiger partial charge in [-0.2, -0.15) is 5.26 Å². The van der Waals surface area contributed by atoms with Crippen LogP contribution in [0.15, 0.2) is 36.4 Å². The molecule has 0 amide bonds. The zero-order valence-electron chi connectivity index (χ0n) is 10.0. The van der Waals surface area contributed by atoms with Gasteiger partial charge in [0.15, 0.2) is 0 Å². The van der Waals surface area contributed by atoms with Crippen molar-refractivity contribution in [3.63, 3.8) is 0 Å². The zero-order valence-corrected chi connectivity index (χ0v) is 11.5. The molecular weight excluding hydrogens is 299 g/mol. The van der Waals surface area contributed by atoms with Gasteiger partial charge in [-0.05, 0) is 36.4 Å². The van der Waals surface area contributed by atoms with Crippen LogP contribution in [0.3, 0.4) is 0 Å². The van der Waals surface area contributed by atoms with E-state index >= 15 is 0 Å². The summed E-state index contributed by atoms with van der Waals surface area (Å²) in [6.07, 6.45) is 0. The summed E-state index contributed by atoms with van der Waals surface area (Å²) in [5.41, 5.74) is 1.69. The minimum Gasteiger partial charge on any atom is -0.478 e. The second-order valence-electron chi connectivity index (χ2n) is 3.93. The summed E-state index contributed by atoms with van der Waals surface area (Å²) < 4.78 is 0. The molecule has 0 aliphatic heterocycles. The van der Waals surface area contributed by atoms with Gasteiger partial charge < -0.3 is 10.4 Å². The first kappa shape index (κ1) is 14.2. The number of carboxylic acid groups (broad SMARTS) is 1. The van der Waals surface area contributed by atoms with Gasteiger partial charge in [-0.1, -0.05) is 23.2 Å². The van der Waals surface area contributed by atoms with Crippen molar-refractivity contribution in [3.8, 4) is 6.07 Å². The monoisotopic (exact) mass is 306 g/mol. The number of carboxylic acids is 1. The van der Waals surface area contributed by atoms with E-state index in [0.29, 0.717) is 22.0 Å². The third kappa shape index (κ3) is 3.02. The molecule has 2 aromatic rings. The Kier molecular flexibility index (Phi) is 4.14. The summed E-state index contributed by atoms with van der Waals surface area (Å²) in [5, 5.41) is 21.2. The Bertz CT molecular complexity index is 724. The first-order chi connectivity index (χ1) is 9.51. The van der Waals surface area contributed by atoms with Gasteiger partial charge in [0.1, 0.15) is 0 Å². The Balaban J connectivity index is 2.29. The number of anilines is 2. The third-order valence-corrected chi connectivity index (χ3v) is 3.20. The van der Waals surface area contributed by atoms with Crippen LogP contribution in [-0.4, -0.2) is 11.1 Å². The van der Waals surface area contributed by atoms with Crippen LogP contribution in [0.25, 0.3) is 0 Å². The molecule has 0 bridgehead atoms. The molecule has 0 atom stereocenters. The van der Waals surface area contributed by atoms with Crippen molar-refractivity contribution < 1.29 is 9.90 Å². The lowest BCUT2D eigenvalue weighted by atomic mass is 10.2. The molecule has 0 saturated carbocycles. The highest BCUT2D eigenvalue weighted by atomic mass is 35.5. The molecule has 2 rings (SSSR count). The van der Waals surface area contributed by atoms with Gasteiger partial charge in [0, 0.05) is 5.69 Å². The maximum absolute atomic E-state index is 10.9. The van der Waals surface area contributed by atoms with Gasteiger partial charge in [-0.15, -0.1) is 0 Å². The van der Waals surface area contributed by atoms with E-state index in [1.165, 1.54) is 18.2 Å². The van der Waals surface area contributed by atoms with Crippen LogP contribution in [0.5, 0.6) is 0 Å². The van der Waals surface area contributed by atoms with Crippen LogP contribution < -0.4 is 5.32 Å². The summed E-state index contributed by atoms with van der Waals surface area (Å²) in [7, 11) is 0. The van der Waals surface area contributed by atoms with Gasteiger partial charge in [-0.25, -0.2) is 4.79 Å². The highest BCUT2D eigenvalue weighted by molar-refractivity contribution is 6.34. The fraction of sp³-hybridized carbons (Fsp3) is 0. The summed E-state index contributed by atoms with van der Waals surface area (Å²) in [4.78, 5) is 10.9. The molecule has 6 heteroatoms. The van der Waals surface area contributed by atoms with Crippen LogP contribution in [0.4, 0.5) is 11.4 Å². The molecular formula is C14H8Cl2N2O2. The van der Waals surface area contributed by atoms with Crippen LogP contribution in [-0.2, 0) is 0 Å². The molecule has 0 radical (unpaired) electrons. The molecule has 0 aliphatic rings. The molecule has 0 heterocycles. The van der Waals surface area contributed by atoms with E-state index in [9.17, 15) is 4.79 Å². The second-order valence-corrected chi connectivity index (χ2v) is 4.75. The molecule has 0 aliphatic carbocycles. The van der Waals surface area contributed by atoms with Gasteiger partial charge in [-0.3, -0.25) is 0 Å². The smallest absolute Gasteiger partial charge is 0.337 e. The summed E-state index contributed by atoms with van der Waals surface area (Å²) >= 11 is 11.9. The number of aromatic carboxylic acids is 1. The van der Waals surface area contributed by atoms with E-state index in [-0.39, 0.29) is 10.6 Å². The SMILES string of the molecule is N#Cc1ccc(Nc2ccc(C(=O)O)c(Cl)c2)c(Cl)c1. The van der Waals surface area contributed by atoms with Crippen molar-refractivity contribution >= 4 is 40.5 Å². The molecule has 0 unspecified atom stereocenters. The first-order valence-corrected chi connectivity index (χ1v) is 6.26. The zero-order chi connectivity index (χ0) is 14.7. The van der Waals surface area contributed by atoms with E-state index < -0.39 is 5.97 Å². The number of benzene rings is 2. The first-order valence-electron chi connectivity index (χ1n) is 5.51. The Hall–Kier alpha value is -2.22. The summed E-state index contributed by atoms with van der Waals surface area (Å²) in [6, 6.07) is 11.3. The van der Waals surface area contributed by atoms with E-state index in [1.807, 2.05) is 6.07 Å². The van der Waals surface area contributed by atoms with E-state index in [4.69, 9.17) is 33.6 Å². The predicted molar refractivity (Wildman–Crippen MR) is 77.9 cm³/mol. The number of nitrogens with zero attached hydrogens (tertiary/aromatic N) is 1. The molecule has 2 N–H and O–H groups in total. The number of carbonyl (C=O) groups is 1. The predicted octanol–water partition coefficient (Wildman–Crippen LogP) is 4.31. The molecule has 0 saturated heterocycles. The number of nitriles is 1. The minimum absolute atomic E-state index is 0.0307. The van der Waals surface area contributed by atoms with Crippen molar-refractivity contribution in [1.82, 2.24) is 0 Å². The summed E-state index contributed by atoms with van der Waals surface area (Å²) in [5.74, 6) is -1.09. The number of hydrogen-bond acceptors (Lipinski definition) is 3. The van der Waals surface area contributed by atoms with E-state index in [0.717, 1.165) is 0 Å². The van der Waals surface area contributed by atoms with E-state index in [2.05, 4.69) is 5.32 Å². The van der Waals surface area contributed by atoms with Gasteiger partial charge in [0.25, 0.3) is 0 Å². The Morgan fingerprint density at radius 3 is 2.45 bits per heavy atom. The van der Waals surface area contributed by atoms with Gasteiger partial charge in [0.2, 0.25) is 0 Å². The Morgan fingerprint density at radius 1 is 1.15 bits per heavy atom. The molecule has 4 nitrogen and oxygen atoms in total. The van der Waals surface area contributed by atoms with Crippen molar-refractivity contribution in [2.24, 2.45) is 0 Å². The van der Waals surface area contributed by atoms with Gasteiger partial charge >= 0.3 is 5.97 Å². The fourth-order valence-corrected chi connectivity index (χ4v) is 2.10. The van der Waals surface area contributed by atoms with Gasteiger partial charge in [0.05, 0.1) is 32.9 Å². The summed E-state index contributed by atoms with van der Waals surface area (Å²) in [6.45, 7) is 0. The molecule has 20 heavy (non-hydrogen) atoms. The average Bonchev–Trinajstić information content (AvgIpc) is 2.40. The minimum atomic E-state index is -1.09. The quantitative estimate of drug-likeness (QED) is 0.886. The van der Waals surface area contributed by atoms with Crippen LogP contribution in [0.2, 0.25) is 10.0 Å². The average molecular weight is 307 g/mol. The van der Waals surface area contributed by atoms with Crippen molar-refractivity contribution in [2.75, 3.05) is 5.32 Å². The lowest BCUT2D eigenvalue weighted by Gasteiger charge is -2.09. The molecule has 2 aromatic carbocycles. The van der Waals surface area contributed by atoms with Crippen LogP contribution in [0.1, 0.15) is 15.9 Å². The molecule has 0 spiro atoms. The number of halogens is 2. The topological polar surface area (TPSA) is 73.1 Å². The lowest BCUT2D eigenvalue weighted by Crippen LogP contribution is -1.98. The van der Waals surface area contributed by atoms with Crippen molar-refractivity contribution in [2.45, 2.75) is 0 Å². The number of nitrogens with one attached hydrogen (secondary N) is 1. The number of hydrogen-bond donors (Lipinski definition) is 2. The maximum Gasteiger partial charge on any atom is 0.337 e. The second kappa shape index (κ2) is 5.83. The fourth-order valence-electron chi connectivity index (χ4n) is 1.61. The molecule has 0 aromatic heterocycles. The highest BCUT2D eigenvalue weighted by Crippen LogP contribution is 2.28. The van der Waals surface area contributed by atoms with Crippen molar-refractivity contribution in [1.29, 1.82) is 5.26 Å². The number of rotatable bonds is 3. The standard InChI is InChI=1S/C14H8Cl2N2O2/c15-11-6-9(2-3-10(11)14(19)20)18-13-4-1-8(7-17)5-12(13)16/h1-6,18H,(H,19,20). The van der Waals surface area contributed by atoms with Crippen LogP contribution in [0, 0.1) is 11.3 Å². The van der Waals surface area contributed by atoms with E-state index in [1.54, 1.807) is 18.2 Å². The lowest BCUT2D eigenvalue weighted by molar-refractivity contribution is 0.0697. The normalized spacial score (nSPS) is 9.85. The Labute approximate surface area is 125 Å². The van der Waals surface area contributed by atoms with Crippen molar-refractivity contribution in [3.05, 3.63) is 57.6 Å². The Morgan fingerprint density at radius 2 is 1.90 bits per heavy atom. The van der Waals surface area contributed by atoms with Crippen LogP contribution >= 0.6 is 23.2 Å². The largest absolute Gasteiger partial charge is 0.478 e. The maximum atomic E-state index is 10.9. The molecule has 100 valence electrons. The highest BCUT2D eigenvalue weighted by Gasteiger charge is 2.09. The molecule has 0 fully saturated rings.